The van der Waals surface area contributed by atoms with Crippen LogP contribution in [0.3, 0.4) is 0 Å². The maximum atomic E-state index is 6.22. The molecule has 0 aromatic carbocycles. The zero-order valence-electron chi connectivity index (χ0n) is 7.91. The smallest absolute Gasteiger partial charge is 0.0469 e. The van der Waals surface area contributed by atoms with Crippen molar-refractivity contribution in [1.29, 1.82) is 0 Å². The molecule has 14 heavy (non-hydrogen) atoms. The highest BCUT2D eigenvalue weighted by Crippen LogP contribution is 2.32. The molecule has 2 N–H and O–H groups in total. The fourth-order valence-corrected chi connectivity index (χ4v) is 3.35. The van der Waals surface area contributed by atoms with Crippen molar-refractivity contribution >= 4 is 27.3 Å². The summed E-state index contributed by atoms with van der Waals surface area (Å²) in [6.07, 6.45) is 2.19. The van der Waals surface area contributed by atoms with Crippen LogP contribution in [0.15, 0.2) is 15.9 Å². The van der Waals surface area contributed by atoms with Gasteiger partial charge in [0.1, 0.15) is 0 Å². The monoisotopic (exact) mass is 275 g/mol. The molecule has 0 saturated carbocycles. The number of rotatable bonds is 2. The van der Waals surface area contributed by atoms with Crippen molar-refractivity contribution < 1.29 is 4.74 Å². The molecular weight excluding hydrogens is 262 g/mol. The van der Waals surface area contributed by atoms with Crippen LogP contribution in [0.25, 0.3) is 0 Å². The molecule has 2 rings (SSSR count). The first-order chi connectivity index (χ1) is 6.77. The van der Waals surface area contributed by atoms with Crippen LogP contribution in [0.2, 0.25) is 0 Å². The second-order valence-electron chi connectivity index (χ2n) is 3.64. The van der Waals surface area contributed by atoms with E-state index >= 15 is 0 Å². The highest BCUT2D eigenvalue weighted by Gasteiger charge is 2.23. The Kier molecular flexibility index (Phi) is 3.60. The third kappa shape index (κ3) is 2.37. The van der Waals surface area contributed by atoms with Gasteiger partial charge in [0.25, 0.3) is 0 Å². The number of thiophene rings is 1. The van der Waals surface area contributed by atoms with Gasteiger partial charge < -0.3 is 10.5 Å². The van der Waals surface area contributed by atoms with Crippen molar-refractivity contribution in [2.45, 2.75) is 18.9 Å². The van der Waals surface area contributed by atoms with Gasteiger partial charge in [0, 0.05) is 34.0 Å². The Balaban J connectivity index is 2.03. The molecule has 1 aromatic rings. The van der Waals surface area contributed by atoms with Gasteiger partial charge in [-0.25, -0.2) is 0 Å². The second kappa shape index (κ2) is 4.75. The normalized spacial score (nSPS) is 21.0. The van der Waals surface area contributed by atoms with Gasteiger partial charge in [-0.2, -0.15) is 0 Å². The van der Waals surface area contributed by atoms with Crippen molar-refractivity contribution in [3.63, 3.8) is 0 Å². The number of hydrogen-bond donors (Lipinski definition) is 1. The molecule has 1 atom stereocenters. The minimum Gasteiger partial charge on any atom is -0.381 e. The third-order valence-corrected chi connectivity index (χ3v) is 4.48. The first-order valence-electron chi connectivity index (χ1n) is 4.84. The summed E-state index contributed by atoms with van der Waals surface area (Å²) in [4.78, 5) is 1.28. The first-order valence-corrected chi connectivity index (χ1v) is 6.52. The lowest BCUT2D eigenvalue weighted by atomic mass is 9.91. The van der Waals surface area contributed by atoms with Crippen molar-refractivity contribution in [1.82, 2.24) is 0 Å². The minimum absolute atomic E-state index is 0.190. The largest absolute Gasteiger partial charge is 0.381 e. The maximum Gasteiger partial charge on any atom is 0.0469 e. The number of nitrogens with two attached hydrogens (primary N) is 1. The van der Waals surface area contributed by atoms with Crippen molar-refractivity contribution in [3.05, 3.63) is 20.8 Å². The topological polar surface area (TPSA) is 35.2 Å². The van der Waals surface area contributed by atoms with Crippen molar-refractivity contribution in [2.75, 3.05) is 13.2 Å². The van der Waals surface area contributed by atoms with Gasteiger partial charge in [-0.3, -0.25) is 0 Å². The van der Waals surface area contributed by atoms with Gasteiger partial charge in [0.2, 0.25) is 0 Å². The van der Waals surface area contributed by atoms with E-state index in [2.05, 4.69) is 27.4 Å². The zero-order valence-corrected chi connectivity index (χ0v) is 10.3. The molecule has 0 radical (unpaired) electrons. The van der Waals surface area contributed by atoms with E-state index in [0.717, 1.165) is 30.5 Å². The van der Waals surface area contributed by atoms with Crippen molar-refractivity contribution in [3.8, 4) is 0 Å². The van der Waals surface area contributed by atoms with E-state index in [-0.39, 0.29) is 6.04 Å². The summed E-state index contributed by atoms with van der Waals surface area (Å²) >= 11 is 5.19. The van der Waals surface area contributed by atoms with Crippen LogP contribution in [-0.4, -0.2) is 13.2 Å². The van der Waals surface area contributed by atoms with E-state index in [9.17, 15) is 0 Å². The lowest BCUT2D eigenvalue weighted by molar-refractivity contribution is 0.0587. The Hall–Kier alpha value is 0.1000. The summed E-state index contributed by atoms with van der Waals surface area (Å²) in [6, 6.07) is 2.32. The standard InChI is InChI=1S/C10H14BrNOS/c11-8-5-9(14-6-8)10(12)7-1-3-13-4-2-7/h5-7,10H,1-4,12H2/t10-/m1/s1. The minimum atomic E-state index is 0.190. The Bertz CT molecular complexity index is 296. The van der Waals surface area contributed by atoms with E-state index in [1.165, 1.54) is 4.88 Å². The fraction of sp³-hybridized carbons (Fsp3) is 0.600. The summed E-state index contributed by atoms with van der Waals surface area (Å²) in [5, 5.41) is 2.09. The van der Waals surface area contributed by atoms with Crippen molar-refractivity contribution in [2.24, 2.45) is 11.7 Å². The van der Waals surface area contributed by atoms with E-state index in [4.69, 9.17) is 10.5 Å². The summed E-state index contributed by atoms with van der Waals surface area (Å²) in [7, 11) is 0. The van der Waals surface area contributed by atoms with Crippen LogP contribution in [-0.2, 0) is 4.74 Å². The predicted molar refractivity (Wildman–Crippen MR) is 62.5 cm³/mol. The van der Waals surface area contributed by atoms with Crippen LogP contribution >= 0.6 is 27.3 Å². The molecular formula is C10H14BrNOS. The van der Waals surface area contributed by atoms with Crippen LogP contribution in [0, 0.1) is 5.92 Å². The van der Waals surface area contributed by atoms with Crippen LogP contribution in [0.1, 0.15) is 23.8 Å². The van der Waals surface area contributed by atoms with Gasteiger partial charge in [-0.1, -0.05) is 0 Å². The molecule has 2 nitrogen and oxygen atoms in total. The number of ether oxygens (including phenoxy) is 1. The molecule has 2 heterocycles. The SMILES string of the molecule is N[C@@H](c1cc(Br)cs1)C1CCOCC1. The summed E-state index contributed by atoms with van der Waals surface area (Å²) in [5.41, 5.74) is 6.22. The molecule has 4 heteroatoms. The average Bonchev–Trinajstić information content (AvgIpc) is 2.65. The van der Waals surface area contributed by atoms with Gasteiger partial charge in [0.05, 0.1) is 0 Å². The number of halogens is 1. The summed E-state index contributed by atoms with van der Waals surface area (Å²) < 4.78 is 6.47. The zero-order chi connectivity index (χ0) is 9.97. The second-order valence-corrected chi connectivity index (χ2v) is 5.50. The quantitative estimate of drug-likeness (QED) is 0.901. The lowest BCUT2D eigenvalue weighted by Crippen LogP contribution is -2.26. The Morgan fingerprint density at radius 2 is 2.21 bits per heavy atom. The van der Waals surface area contributed by atoms with Gasteiger partial charge in [-0.15, -0.1) is 11.3 Å². The van der Waals surface area contributed by atoms with E-state index < -0.39 is 0 Å². The third-order valence-electron chi connectivity index (χ3n) is 2.69. The Labute approximate surface area is 96.6 Å². The molecule has 0 spiro atoms. The highest BCUT2D eigenvalue weighted by atomic mass is 79.9. The number of hydrogen-bond acceptors (Lipinski definition) is 3. The van der Waals surface area contributed by atoms with Gasteiger partial charge in [0.15, 0.2) is 0 Å². The van der Waals surface area contributed by atoms with Crippen LogP contribution < -0.4 is 5.73 Å². The predicted octanol–water partition coefficient (Wildman–Crippen LogP) is 2.94. The molecule has 1 aliphatic rings. The molecule has 1 saturated heterocycles. The summed E-state index contributed by atoms with van der Waals surface area (Å²) in [5.74, 6) is 0.592. The molecule has 0 amide bonds. The first kappa shape index (κ1) is 10.6. The lowest BCUT2D eigenvalue weighted by Gasteiger charge is -2.26. The Morgan fingerprint density at radius 1 is 1.50 bits per heavy atom. The van der Waals surface area contributed by atoms with E-state index in [0.29, 0.717) is 5.92 Å². The summed E-state index contributed by atoms with van der Waals surface area (Å²) in [6.45, 7) is 1.73. The molecule has 0 bridgehead atoms. The molecule has 0 unspecified atom stereocenters. The maximum absolute atomic E-state index is 6.22. The highest BCUT2D eigenvalue weighted by molar-refractivity contribution is 9.10. The molecule has 1 aromatic heterocycles. The van der Waals surface area contributed by atoms with Crippen LogP contribution in [0.4, 0.5) is 0 Å². The Morgan fingerprint density at radius 3 is 2.79 bits per heavy atom. The van der Waals surface area contributed by atoms with Crippen LogP contribution in [0.5, 0.6) is 0 Å². The van der Waals surface area contributed by atoms with Gasteiger partial charge >= 0.3 is 0 Å². The molecule has 1 fully saturated rings. The molecule has 0 aliphatic carbocycles. The van der Waals surface area contributed by atoms with E-state index in [1.54, 1.807) is 11.3 Å². The van der Waals surface area contributed by atoms with Gasteiger partial charge in [-0.05, 0) is 40.8 Å². The molecule has 78 valence electrons. The fourth-order valence-electron chi connectivity index (χ4n) is 1.81. The molecule has 1 aliphatic heterocycles. The average molecular weight is 276 g/mol. The van der Waals surface area contributed by atoms with E-state index in [1.807, 2.05) is 0 Å².